The number of thioether (sulfide) groups is 1. The summed E-state index contributed by atoms with van der Waals surface area (Å²) in [6, 6.07) is 6.20. The van der Waals surface area contributed by atoms with Crippen LogP contribution in [0.2, 0.25) is 10.0 Å². The Hall–Kier alpha value is -0.380. The fourth-order valence-electron chi connectivity index (χ4n) is 2.23. The van der Waals surface area contributed by atoms with Crippen LogP contribution in [-0.2, 0) is 6.42 Å². The number of hydrogen-bond donors (Lipinski definition) is 1. The van der Waals surface area contributed by atoms with Gasteiger partial charge in [0.2, 0.25) is 0 Å². The smallest absolute Gasteiger partial charge is 0.156 e. The van der Waals surface area contributed by atoms with E-state index in [-0.39, 0.29) is 0 Å². The standard InChI is InChI=1S/C15H20Cl2N2S/c1-10(2)7-13-9-20-15(19-13)18-6-5-11-3-4-12(16)8-14(11)17/h3-4,8,10,13H,5-7,9H2,1-2H3,(H,18,19). The highest BCUT2D eigenvalue weighted by Gasteiger charge is 2.20. The molecule has 1 heterocycles. The largest absolute Gasteiger partial charge is 0.361 e. The van der Waals surface area contributed by atoms with Crippen LogP contribution >= 0.6 is 35.0 Å². The Bertz CT molecular complexity index is 489. The highest BCUT2D eigenvalue weighted by atomic mass is 35.5. The second-order valence-corrected chi connectivity index (χ2v) is 7.31. The zero-order chi connectivity index (χ0) is 14.5. The molecule has 5 heteroatoms. The molecule has 0 bridgehead atoms. The molecule has 1 fully saturated rings. The molecule has 1 N–H and O–H groups in total. The molecule has 1 aromatic rings. The second kappa shape index (κ2) is 7.58. The summed E-state index contributed by atoms with van der Waals surface area (Å²) in [5.74, 6) is 1.85. The van der Waals surface area contributed by atoms with E-state index in [1.807, 2.05) is 23.9 Å². The number of benzene rings is 1. The van der Waals surface area contributed by atoms with E-state index in [1.165, 1.54) is 6.42 Å². The first-order valence-corrected chi connectivity index (χ1v) is 8.66. The molecule has 0 saturated carbocycles. The molecule has 0 radical (unpaired) electrons. The highest BCUT2D eigenvalue weighted by molar-refractivity contribution is 8.14. The van der Waals surface area contributed by atoms with Crippen LogP contribution in [0.5, 0.6) is 0 Å². The number of halogens is 2. The number of rotatable bonds is 5. The first-order chi connectivity index (χ1) is 9.54. The van der Waals surface area contributed by atoms with Crippen LogP contribution in [0.25, 0.3) is 0 Å². The zero-order valence-corrected chi connectivity index (χ0v) is 14.2. The lowest BCUT2D eigenvalue weighted by molar-refractivity contribution is 0.502. The summed E-state index contributed by atoms with van der Waals surface area (Å²) in [5, 5.41) is 5.96. The Balaban J connectivity index is 1.82. The number of nitrogens with one attached hydrogen (secondary N) is 1. The van der Waals surface area contributed by atoms with E-state index in [1.54, 1.807) is 6.07 Å². The third-order valence-corrected chi connectivity index (χ3v) is 4.83. The molecule has 0 aromatic heterocycles. The predicted molar refractivity (Wildman–Crippen MR) is 91.3 cm³/mol. The molecule has 1 aromatic carbocycles. The molecule has 2 rings (SSSR count). The van der Waals surface area contributed by atoms with Crippen molar-refractivity contribution in [2.45, 2.75) is 32.7 Å². The van der Waals surface area contributed by atoms with Crippen LogP contribution in [0.3, 0.4) is 0 Å². The average molecular weight is 331 g/mol. The topological polar surface area (TPSA) is 24.4 Å². The number of nitrogens with zero attached hydrogens (tertiary/aromatic N) is 1. The van der Waals surface area contributed by atoms with Gasteiger partial charge in [-0.25, -0.2) is 0 Å². The minimum Gasteiger partial charge on any atom is -0.361 e. The molecule has 110 valence electrons. The summed E-state index contributed by atoms with van der Waals surface area (Å²) in [6.45, 7) is 5.26. The monoisotopic (exact) mass is 330 g/mol. The van der Waals surface area contributed by atoms with Gasteiger partial charge in [0.05, 0.1) is 0 Å². The van der Waals surface area contributed by atoms with Crippen LogP contribution in [-0.4, -0.2) is 23.5 Å². The van der Waals surface area contributed by atoms with Crippen molar-refractivity contribution in [3.63, 3.8) is 0 Å². The van der Waals surface area contributed by atoms with E-state index in [4.69, 9.17) is 23.2 Å². The van der Waals surface area contributed by atoms with Crippen molar-refractivity contribution in [1.29, 1.82) is 0 Å². The van der Waals surface area contributed by atoms with E-state index < -0.39 is 0 Å². The second-order valence-electron chi connectivity index (χ2n) is 5.45. The molecule has 0 amide bonds. The van der Waals surface area contributed by atoms with E-state index in [9.17, 15) is 0 Å². The summed E-state index contributed by atoms with van der Waals surface area (Å²) < 4.78 is 0. The third kappa shape index (κ3) is 4.87. The van der Waals surface area contributed by atoms with Gasteiger partial charge < -0.3 is 5.32 Å². The Labute approximate surface area is 135 Å². The van der Waals surface area contributed by atoms with Crippen molar-refractivity contribution in [3.05, 3.63) is 33.8 Å². The van der Waals surface area contributed by atoms with Crippen LogP contribution < -0.4 is 5.32 Å². The average Bonchev–Trinajstić information content (AvgIpc) is 2.79. The highest BCUT2D eigenvalue weighted by Crippen LogP contribution is 2.22. The number of aliphatic imine (C=N–C) groups is 1. The molecule has 0 aliphatic carbocycles. The summed E-state index contributed by atoms with van der Waals surface area (Å²) in [6.07, 6.45) is 2.05. The SMILES string of the molecule is CC(C)CC1CSC(=NCCc2ccc(Cl)cc2Cl)N1. The number of hydrogen-bond acceptors (Lipinski definition) is 2. The summed E-state index contributed by atoms with van der Waals surface area (Å²) in [4.78, 5) is 4.62. The van der Waals surface area contributed by atoms with Crippen molar-refractivity contribution in [1.82, 2.24) is 5.32 Å². The molecular formula is C15H20Cl2N2S. The molecule has 20 heavy (non-hydrogen) atoms. The maximum absolute atomic E-state index is 6.15. The van der Waals surface area contributed by atoms with Gasteiger partial charge in [0, 0.05) is 28.4 Å². The molecule has 0 spiro atoms. The molecule has 1 atom stereocenters. The van der Waals surface area contributed by atoms with Crippen LogP contribution in [0.4, 0.5) is 0 Å². The van der Waals surface area contributed by atoms with Crippen LogP contribution in [0.15, 0.2) is 23.2 Å². The quantitative estimate of drug-likeness (QED) is 0.850. The van der Waals surface area contributed by atoms with Gasteiger partial charge in [-0.2, -0.15) is 0 Å². The lowest BCUT2D eigenvalue weighted by atomic mass is 10.1. The van der Waals surface area contributed by atoms with Gasteiger partial charge in [-0.15, -0.1) is 0 Å². The first kappa shape index (κ1) is 16.0. The maximum atomic E-state index is 6.15. The van der Waals surface area contributed by atoms with E-state index in [0.717, 1.165) is 40.4 Å². The van der Waals surface area contributed by atoms with Gasteiger partial charge in [0.1, 0.15) is 0 Å². The maximum Gasteiger partial charge on any atom is 0.156 e. The first-order valence-electron chi connectivity index (χ1n) is 6.92. The van der Waals surface area contributed by atoms with E-state index >= 15 is 0 Å². The molecule has 1 aliphatic rings. The minimum atomic E-state index is 0.567. The van der Waals surface area contributed by atoms with Crippen molar-refractivity contribution in [2.75, 3.05) is 12.3 Å². The van der Waals surface area contributed by atoms with Gasteiger partial charge in [0.15, 0.2) is 5.17 Å². The van der Waals surface area contributed by atoms with Crippen molar-refractivity contribution in [3.8, 4) is 0 Å². The fraction of sp³-hybridized carbons (Fsp3) is 0.533. The van der Waals surface area contributed by atoms with Gasteiger partial charge in [0.25, 0.3) is 0 Å². The van der Waals surface area contributed by atoms with Gasteiger partial charge >= 0.3 is 0 Å². The number of amidine groups is 1. The Morgan fingerprint density at radius 3 is 2.90 bits per heavy atom. The van der Waals surface area contributed by atoms with Crippen LogP contribution in [0, 0.1) is 5.92 Å². The lowest BCUT2D eigenvalue weighted by Gasteiger charge is -2.11. The van der Waals surface area contributed by atoms with Crippen molar-refractivity contribution < 1.29 is 0 Å². The molecular weight excluding hydrogens is 311 g/mol. The Morgan fingerprint density at radius 2 is 2.20 bits per heavy atom. The summed E-state index contributed by atoms with van der Waals surface area (Å²) in [5.41, 5.74) is 1.10. The van der Waals surface area contributed by atoms with E-state index in [0.29, 0.717) is 11.1 Å². The lowest BCUT2D eigenvalue weighted by Crippen LogP contribution is -2.28. The third-order valence-electron chi connectivity index (χ3n) is 3.16. The Kier molecular flexibility index (Phi) is 6.06. The van der Waals surface area contributed by atoms with Gasteiger partial charge in [-0.05, 0) is 36.5 Å². The summed E-state index contributed by atoms with van der Waals surface area (Å²) in [7, 11) is 0. The zero-order valence-electron chi connectivity index (χ0n) is 11.8. The molecule has 1 unspecified atom stereocenters. The van der Waals surface area contributed by atoms with Crippen molar-refractivity contribution in [2.24, 2.45) is 10.9 Å². The molecule has 2 nitrogen and oxygen atoms in total. The minimum absolute atomic E-state index is 0.567. The predicted octanol–water partition coefficient (Wildman–Crippen LogP) is 4.64. The van der Waals surface area contributed by atoms with Gasteiger partial charge in [-0.3, -0.25) is 4.99 Å². The molecule has 1 aliphatic heterocycles. The van der Waals surface area contributed by atoms with E-state index in [2.05, 4.69) is 24.2 Å². The normalized spacial score (nSPS) is 20.6. The van der Waals surface area contributed by atoms with Crippen molar-refractivity contribution >= 4 is 40.1 Å². The Morgan fingerprint density at radius 1 is 1.40 bits per heavy atom. The summed E-state index contributed by atoms with van der Waals surface area (Å²) >= 11 is 13.9. The van der Waals surface area contributed by atoms with Crippen LogP contribution in [0.1, 0.15) is 25.8 Å². The molecule has 1 saturated heterocycles. The van der Waals surface area contributed by atoms with Gasteiger partial charge in [-0.1, -0.05) is 54.9 Å². The fourth-order valence-corrected chi connectivity index (χ4v) is 3.74.